The molecule has 1 aliphatic rings. The number of fused-ring (bicyclic) bond motifs is 1. The molecule has 0 unspecified atom stereocenters. The van der Waals surface area contributed by atoms with Crippen LogP contribution >= 0.6 is 0 Å². The van der Waals surface area contributed by atoms with Crippen LogP contribution in [0.15, 0.2) is 35.4 Å². The molecule has 0 radical (unpaired) electrons. The lowest BCUT2D eigenvalue weighted by atomic mass is 10.1. The van der Waals surface area contributed by atoms with Crippen molar-refractivity contribution in [2.24, 2.45) is 0 Å². The lowest BCUT2D eigenvalue weighted by Crippen LogP contribution is -2.47. The molecule has 1 atom stereocenters. The van der Waals surface area contributed by atoms with Crippen molar-refractivity contribution >= 4 is 20.9 Å². The number of morpholine rings is 1. The standard InChI is InChI=1S/C17H23N3O3S/c1-13-5-6-16(15-4-3-7-18-17(13)15)24(21,22)19-12-14(2)20-8-10-23-11-9-20/h3-7,14,19H,8-12H2,1-2H3/t14-/m1/s1. The summed E-state index contributed by atoms with van der Waals surface area (Å²) in [6, 6.07) is 7.14. The zero-order valence-corrected chi connectivity index (χ0v) is 14.8. The molecule has 1 fully saturated rings. The highest BCUT2D eigenvalue weighted by atomic mass is 32.2. The highest BCUT2D eigenvalue weighted by molar-refractivity contribution is 7.89. The second-order valence-corrected chi connectivity index (χ2v) is 7.86. The zero-order valence-electron chi connectivity index (χ0n) is 14.0. The van der Waals surface area contributed by atoms with Gasteiger partial charge in [0.05, 0.1) is 23.6 Å². The van der Waals surface area contributed by atoms with E-state index in [2.05, 4.69) is 14.6 Å². The van der Waals surface area contributed by atoms with Gasteiger partial charge in [-0.05, 0) is 37.6 Å². The highest BCUT2D eigenvalue weighted by Gasteiger charge is 2.22. The van der Waals surface area contributed by atoms with Gasteiger partial charge in [0.2, 0.25) is 10.0 Å². The molecule has 1 N–H and O–H groups in total. The summed E-state index contributed by atoms with van der Waals surface area (Å²) in [7, 11) is -3.59. The number of aryl methyl sites for hydroxylation is 1. The van der Waals surface area contributed by atoms with E-state index in [-0.39, 0.29) is 10.9 Å². The molecular formula is C17H23N3O3S. The molecule has 0 saturated carbocycles. The molecule has 1 aromatic carbocycles. The summed E-state index contributed by atoms with van der Waals surface area (Å²) in [4.78, 5) is 6.83. The van der Waals surface area contributed by atoms with E-state index in [1.165, 1.54) is 0 Å². The van der Waals surface area contributed by atoms with Crippen molar-refractivity contribution in [1.82, 2.24) is 14.6 Å². The Bertz CT molecular complexity index is 817. The van der Waals surface area contributed by atoms with Crippen molar-refractivity contribution in [1.29, 1.82) is 0 Å². The summed E-state index contributed by atoms with van der Waals surface area (Å²) in [5.74, 6) is 0. The molecule has 2 aromatic rings. The predicted octanol–water partition coefficient (Wildman–Crippen LogP) is 1.54. The fourth-order valence-electron chi connectivity index (χ4n) is 2.98. The molecule has 0 spiro atoms. The number of nitrogens with zero attached hydrogens (tertiary/aromatic N) is 2. The number of hydrogen-bond acceptors (Lipinski definition) is 5. The van der Waals surface area contributed by atoms with E-state index < -0.39 is 10.0 Å². The second kappa shape index (κ2) is 7.14. The van der Waals surface area contributed by atoms with Crippen LogP contribution in [0.3, 0.4) is 0 Å². The van der Waals surface area contributed by atoms with E-state index in [0.29, 0.717) is 25.1 Å². The Labute approximate surface area is 142 Å². The van der Waals surface area contributed by atoms with Crippen LogP contribution in [-0.4, -0.2) is 57.2 Å². The molecule has 0 amide bonds. The molecule has 6 nitrogen and oxygen atoms in total. The van der Waals surface area contributed by atoms with Crippen molar-refractivity contribution < 1.29 is 13.2 Å². The minimum atomic E-state index is -3.59. The summed E-state index contributed by atoms with van der Waals surface area (Å²) in [6.45, 7) is 7.40. The van der Waals surface area contributed by atoms with E-state index in [1.54, 1.807) is 30.5 Å². The minimum absolute atomic E-state index is 0.124. The molecule has 1 aliphatic heterocycles. The molecule has 1 saturated heterocycles. The largest absolute Gasteiger partial charge is 0.379 e. The molecule has 0 aliphatic carbocycles. The number of rotatable bonds is 5. The number of pyridine rings is 1. The topological polar surface area (TPSA) is 71.5 Å². The van der Waals surface area contributed by atoms with Gasteiger partial charge in [-0.1, -0.05) is 6.07 Å². The van der Waals surface area contributed by atoms with Gasteiger partial charge in [-0.3, -0.25) is 9.88 Å². The number of sulfonamides is 1. The summed E-state index contributed by atoms with van der Waals surface area (Å²) in [5.41, 5.74) is 1.69. The van der Waals surface area contributed by atoms with Crippen molar-refractivity contribution in [3.63, 3.8) is 0 Å². The van der Waals surface area contributed by atoms with Gasteiger partial charge in [-0.2, -0.15) is 0 Å². The van der Waals surface area contributed by atoms with Crippen LogP contribution < -0.4 is 4.72 Å². The monoisotopic (exact) mass is 349 g/mol. The lowest BCUT2D eigenvalue weighted by Gasteiger charge is -2.32. The number of ether oxygens (including phenoxy) is 1. The SMILES string of the molecule is Cc1ccc(S(=O)(=O)NC[C@@H](C)N2CCOCC2)c2cccnc12. The number of hydrogen-bond donors (Lipinski definition) is 1. The minimum Gasteiger partial charge on any atom is -0.379 e. The van der Waals surface area contributed by atoms with E-state index in [1.807, 2.05) is 13.8 Å². The van der Waals surface area contributed by atoms with E-state index in [9.17, 15) is 8.42 Å². The van der Waals surface area contributed by atoms with Crippen molar-refractivity contribution in [2.75, 3.05) is 32.8 Å². The first-order chi connectivity index (χ1) is 11.5. The maximum absolute atomic E-state index is 12.8. The molecule has 24 heavy (non-hydrogen) atoms. The Hall–Kier alpha value is -1.54. The third kappa shape index (κ3) is 3.59. The summed E-state index contributed by atoms with van der Waals surface area (Å²) >= 11 is 0. The number of benzene rings is 1. The highest BCUT2D eigenvalue weighted by Crippen LogP contribution is 2.24. The normalized spacial score (nSPS) is 17.9. The van der Waals surface area contributed by atoms with Crippen LogP contribution in [0, 0.1) is 6.92 Å². The third-order valence-corrected chi connectivity index (χ3v) is 5.94. The van der Waals surface area contributed by atoms with E-state index in [4.69, 9.17) is 4.74 Å². The smallest absolute Gasteiger partial charge is 0.241 e. The Balaban J connectivity index is 1.80. The Morgan fingerprint density at radius 1 is 1.29 bits per heavy atom. The third-order valence-electron chi connectivity index (χ3n) is 4.46. The van der Waals surface area contributed by atoms with Crippen molar-refractivity contribution in [2.45, 2.75) is 24.8 Å². The molecule has 3 rings (SSSR count). The molecule has 1 aromatic heterocycles. The van der Waals surface area contributed by atoms with Gasteiger partial charge in [-0.15, -0.1) is 0 Å². The number of nitrogens with one attached hydrogen (secondary N) is 1. The summed E-state index contributed by atoms with van der Waals surface area (Å²) < 4.78 is 33.6. The zero-order chi connectivity index (χ0) is 17.2. The van der Waals surface area contributed by atoms with Gasteiger partial charge in [0.15, 0.2) is 0 Å². The quantitative estimate of drug-likeness (QED) is 0.887. The molecule has 2 heterocycles. The first-order valence-corrected chi connectivity index (χ1v) is 9.63. The molecular weight excluding hydrogens is 326 g/mol. The van der Waals surface area contributed by atoms with Gasteiger partial charge in [-0.25, -0.2) is 13.1 Å². The second-order valence-electron chi connectivity index (χ2n) is 6.13. The van der Waals surface area contributed by atoms with E-state index >= 15 is 0 Å². The van der Waals surface area contributed by atoms with E-state index in [0.717, 1.165) is 24.2 Å². The van der Waals surface area contributed by atoms with Crippen molar-refractivity contribution in [3.8, 4) is 0 Å². The predicted molar refractivity (Wildman–Crippen MR) is 93.5 cm³/mol. The van der Waals surface area contributed by atoms with Crippen LogP contribution in [-0.2, 0) is 14.8 Å². The van der Waals surface area contributed by atoms with Crippen molar-refractivity contribution in [3.05, 3.63) is 36.0 Å². The summed E-state index contributed by atoms with van der Waals surface area (Å²) in [5, 5.41) is 0.657. The molecule has 130 valence electrons. The Morgan fingerprint density at radius 3 is 2.79 bits per heavy atom. The molecule has 7 heteroatoms. The maximum Gasteiger partial charge on any atom is 0.241 e. The van der Waals surface area contributed by atoms with Crippen LogP contribution in [0.25, 0.3) is 10.9 Å². The Morgan fingerprint density at radius 2 is 2.04 bits per heavy atom. The van der Waals surface area contributed by atoms with Gasteiger partial charge in [0.25, 0.3) is 0 Å². The fourth-order valence-corrected chi connectivity index (χ4v) is 4.30. The van der Waals surface area contributed by atoms with Gasteiger partial charge >= 0.3 is 0 Å². The fraction of sp³-hybridized carbons (Fsp3) is 0.471. The van der Waals surface area contributed by atoms with Gasteiger partial charge in [0, 0.05) is 37.3 Å². The van der Waals surface area contributed by atoms with Gasteiger partial charge in [0.1, 0.15) is 0 Å². The van der Waals surface area contributed by atoms with Gasteiger partial charge < -0.3 is 4.74 Å². The lowest BCUT2D eigenvalue weighted by molar-refractivity contribution is 0.0213. The number of aromatic nitrogens is 1. The average Bonchev–Trinajstić information content (AvgIpc) is 2.61. The van der Waals surface area contributed by atoms with Crippen LogP contribution in [0.5, 0.6) is 0 Å². The molecule has 0 bridgehead atoms. The summed E-state index contributed by atoms with van der Waals surface area (Å²) in [6.07, 6.45) is 1.68. The first-order valence-electron chi connectivity index (χ1n) is 8.15. The van der Waals surface area contributed by atoms with Crippen LogP contribution in [0.1, 0.15) is 12.5 Å². The average molecular weight is 349 g/mol. The Kier molecular flexibility index (Phi) is 5.15. The maximum atomic E-state index is 12.8. The van der Waals surface area contributed by atoms with Crippen LogP contribution in [0.2, 0.25) is 0 Å². The van der Waals surface area contributed by atoms with Crippen LogP contribution in [0.4, 0.5) is 0 Å². The first kappa shape index (κ1) is 17.3.